The van der Waals surface area contributed by atoms with E-state index in [2.05, 4.69) is 9.97 Å². The fraction of sp³-hybridized carbons (Fsp3) is 0.200. The summed E-state index contributed by atoms with van der Waals surface area (Å²) in [5, 5.41) is 0.856. The van der Waals surface area contributed by atoms with Gasteiger partial charge in [-0.25, -0.2) is 9.97 Å². The normalized spacial score (nSPS) is 10.1. The van der Waals surface area contributed by atoms with E-state index >= 15 is 0 Å². The number of hydrogen-bond donors (Lipinski definition) is 0. The first-order valence-electron chi connectivity index (χ1n) is 4.18. The number of ether oxygens (including phenoxy) is 2. The van der Waals surface area contributed by atoms with E-state index in [1.807, 2.05) is 18.2 Å². The van der Waals surface area contributed by atoms with E-state index in [4.69, 9.17) is 9.47 Å². The number of rotatable bonds is 2. The molecule has 0 bridgehead atoms. The van der Waals surface area contributed by atoms with Crippen LogP contribution in [0.2, 0.25) is 0 Å². The molecule has 0 saturated carbocycles. The summed E-state index contributed by atoms with van der Waals surface area (Å²) < 4.78 is 10.2. The summed E-state index contributed by atoms with van der Waals surface area (Å²) in [6.07, 6.45) is 1.48. The van der Waals surface area contributed by atoms with Crippen molar-refractivity contribution in [3.63, 3.8) is 0 Å². The minimum absolute atomic E-state index is 0.564. The maximum absolute atomic E-state index is 5.12. The lowest BCUT2D eigenvalue weighted by Gasteiger charge is -2.04. The first-order valence-corrected chi connectivity index (χ1v) is 4.18. The van der Waals surface area contributed by atoms with Crippen molar-refractivity contribution in [1.29, 1.82) is 0 Å². The van der Waals surface area contributed by atoms with Crippen molar-refractivity contribution >= 4 is 10.9 Å². The average molecular weight is 190 g/mol. The Morgan fingerprint density at radius 1 is 1.07 bits per heavy atom. The van der Waals surface area contributed by atoms with Gasteiger partial charge >= 0.3 is 0 Å². The molecule has 0 atom stereocenters. The zero-order valence-electron chi connectivity index (χ0n) is 8.02. The quantitative estimate of drug-likeness (QED) is 0.722. The van der Waals surface area contributed by atoms with E-state index in [1.165, 1.54) is 6.33 Å². The Labute approximate surface area is 81.5 Å². The third kappa shape index (κ3) is 1.35. The molecule has 0 aliphatic heterocycles. The zero-order valence-corrected chi connectivity index (χ0v) is 8.02. The number of aromatic nitrogens is 2. The minimum Gasteiger partial charge on any atom is -0.497 e. The average Bonchev–Trinajstić information content (AvgIpc) is 2.27. The second-order valence-corrected chi connectivity index (χ2v) is 2.77. The lowest BCUT2D eigenvalue weighted by molar-refractivity contribution is 0.400. The fourth-order valence-corrected chi connectivity index (χ4v) is 1.30. The van der Waals surface area contributed by atoms with Gasteiger partial charge in [0.15, 0.2) is 0 Å². The Kier molecular flexibility index (Phi) is 2.18. The van der Waals surface area contributed by atoms with Crippen LogP contribution in [0.5, 0.6) is 11.6 Å². The fourth-order valence-electron chi connectivity index (χ4n) is 1.30. The highest BCUT2D eigenvalue weighted by atomic mass is 16.5. The third-order valence-electron chi connectivity index (χ3n) is 2.00. The van der Waals surface area contributed by atoms with Gasteiger partial charge in [-0.2, -0.15) is 0 Å². The highest BCUT2D eigenvalue weighted by Crippen LogP contribution is 2.25. The van der Waals surface area contributed by atoms with Crippen LogP contribution in [0, 0.1) is 0 Å². The molecular weight excluding hydrogens is 180 g/mol. The summed E-state index contributed by atoms with van der Waals surface area (Å²) in [4.78, 5) is 8.13. The number of benzene rings is 1. The van der Waals surface area contributed by atoms with Gasteiger partial charge in [-0.3, -0.25) is 0 Å². The van der Waals surface area contributed by atoms with Crippen molar-refractivity contribution in [1.82, 2.24) is 9.97 Å². The third-order valence-corrected chi connectivity index (χ3v) is 2.00. The molecule has 1 aromatic heterocycles. The van der Waals surface area contributed by atoms with Gasteiger partial charge in [0.25, 0.3) is 0 Å². The molecule has 2 aromatic rings. The molecule has 4 heteroatoms. The summed E-state index contributed by atoms with van der Waals surface area (Å²) >= 11 is 0. The molecule has 0 aliphatic rings. The Hall–Kier alpha value is -1.84. The van der Waals surface area contributed by atoms with Crippen LogP contribution >= 0.6 is 0 Å². The molecule has 0 N–H and O–H groups in total. The molecule has 2 rings (SSSR count). The second-order valence-electron chi connectivity index (χ2n) is 2.77. The molecule has 0 unspecified atom stereocenters. The lowest BCUT2D eigenvalue weighted by Crippen LogP contribution is -1.91. The lowest BCUT2D eigenvalue weighted by atomic mass is 10.2. The van der Waals surface area contributed by atoms with E-state index in [0.29, 0.717) is 5.88 Å². The molecule has 0 fully saturated rings. The largest absolute Gasteiger partial charge is 0.497 e. The van der Waals surface area contributed by atoms with Crippen LogP contribution in [0.1, 0.15) is 0 Å². The first-order chi connectivity index (χ1) is 6.85. The van der Waals surface area contributed by atoms with E-state index in [0.717, 1.165) is 16.7 Å². The van der Waals surface area contributed by atoms with Crippen LogP contribution in [0.3, 0.4) is 0 Å². The van der Waals surface area contributed by atoms with Gasteiger partial charge in [0.05, 0.1) is 25.1 Å². The number of hydrogen-bond acceptors (Lipinski definition) is 4. The van der Waals surface area contributed by atoms with Crippen LogP contribution in [-0.2, 0) is 0 Å². The number of fused-ring (bicyclic) bond motifs is 1. The molecule has 0 radical (unpaired) electrons. The summed E-state index contributed by atoms with van der Waals surface area (Å²) in [6, 6.07) is 5.58. The van der Waals surface area contributed by atoms with Crippen molar-refractivity contribution in [2.45, 2.75) is 0 Å². The van der Waals surface area contributed by atoms with Gasteiger partial charge in [-0.1, -0.05) is 0 Å². The van der Waals surface area contributed by atoms with Gasteiger partial charge in [0.2, 0.25) is 5.88 Å². The molecule has 72 valence electrons. The Balaban J connectivity index is 2.70. The molecule has 1 heterocycles. The molecule has 1 aromatic carbocycles. The van der Waals surface area contributed by atoms with Crippen LogP contribution < -0.4 is 9.47 Å². The van der Waals surface area contributed by atoms with E-state index < -0.39 is 0 Å². The summed E-state index contributed by atoms with van der Waals surface area (Å²) in [7, 11) is 3.21. The van der Waals surface area contributed by atoms with Gasteiger partial charge in [0.1, 0.15) is 12.1 Å². The molecule has 0 aliphatic carbocycles. The number of methoxy groups -OCH3 is 2. The van der Waals surface area contributed by atoms with E-state index in [1.54, 1.807) is 14.2 Å². The molecule has 0 saturated heterocycles. The second kappa shape index (κ2) is 3.49. The topological polar surface area (TPSA) is 44.2 Å². The van der Waals surface area contributed by atoms with Gasteiger partial charge in [-0.15, -0.1) is 0 Å². The molecule has 0 spiro atoms. The Morgan fingerprint density at radius 2 is 1.93 bits per heavy atom. The molecular formula is C10H10N2O2. The van der Waals surface area contributed by atoms with Crippen molar-refractivity contribution < 1.29 is 9.47 Å². The van der Waals surface area contributed by atoms with Gasteiger partial charge in [0, 0.05) is 0 Å². The standard InChI is InChI=1S/C10H10N2O2/c1-13-7-3-4-9-8(5-7)10(14-2)12-6-11-9/h3-6H,1-2H3. The number of nitrogens with zero attached hydrogens (tertiary/aromatic N) is 2. The smallest absolute Gasteiger partial charge is 0.224 e. The predicted molar refractivity (Wildman–Crippen MR) is 52.6 cm³/mol. The predicted octanol–water partition coefficient (Wildman–Crippen LogP) is 1.65. The van der Waals surface area contributed by atoms with Crippen molar-refractivity contribution in [3.8, 4) is 11.6 Å². The minimum atomic E-state index is 0.564. The molecule has 0 amide bonds. The van der Waals surface area contributed by atoms with Crippen LogP contribution in [0.4, 0.5) is 0 Å². The summed E-state index contributed by atoms with van der Waals surface area (Å²) in [5.41, 5.74) is 0.845. The molecule has 14 heavy (non-hydrogen) atoms. The zero-order chi connectivity index (χ0) is 9.97. The maximum atomic E-state index is 5.12. The summed E-state index contributed by atoms with van der Waals surface area (Å²) in [6.45, 7) is 0. The van der Waals surface area contributed by atoms with Crippen LogP contribution in [0.25, 0.3) is 10.9 Å². The Morgan fingerprint density at radius 3 is 2.64 bits per heavy atom. The highest BCUT2D eigenvalue weighted by Gasteiger charge is 2.04. The van der Waals surface area contributed by atoms with Crippen LogP contribution in [0.15, 0.2) is 24.5 Å². The highest BCUT2D eigenvalue weighted by molar-refractivity contribution is 5.84. The monoisotopic (exact) mass is 190 g/mol. The van der Waals surface area contributed by atoms with Crippen molar-refractivity contribution in [2.24, 2.45) is 0 Å². The maximum Gasteiger partial charge on any atom is 0.224 e. The van der Waals surface area contributed by atoms with Gasteiger partial charge in [-0.05, 0) is 18.2 Å². The van der Waals surface area contributed by atoms with Crippen LogP contribution in [-0.4, -0.2) is 24.2 Å². The first kappa shape index (κ1) is 8.74. The van der Waals surface area contributed by atoms with Gasteiger partial charge < -0.3 is 9.47 Å². The van der Waals surface area contributed by atoms with E-state index in [9.17, 15) is 0 Å². The Bertz CT molecular complexity index is 457. The SMILES string of the molecule is COc1ccc2ncnc(OC)c2c1. The summed E-state index contributed by atoms with van der Waals surface area (Å²) in [5.74, 6) is 1.33. The van der Waals surface area contributed by atoms with Crippen molar-refractivity contribution in [2.75, 3.05) is 14.2 Å². The molecule has 4 nitrogen and oxygen atoms in total. The van der Waals surface area contributed by atoms with E-state index in [-0.39, 0.29) is 0 Å². The van der Waals surface area contributed by atoms with Crippen molar-refractivity contribution in [3.05, 3.63) is 24.5 Å².